The van der Waals surface area contributed by atoms with Gasteiger partial charge >= 0.3 is 0 Å². The SMILES string of the molecule is CC(=O)[C@@H](O)[C@H](O)/C=C/c1ccc([N+](=O)[O-])cc1. The lowest BCUT2D eigenvalue weighted by molar-refractivity contribution is -0.384. The third-order valence-electron chi connectivity index (χ3n) is 2.33. The standard InChI is InChI=1S/C12H13NO5/c1-8(14)12(16)11(15)7-4-9-2-5-10(6-3-9)13(17)18/h2-7,11-12,15-16H,1H3/b7-4+/t11-,12-/m1/s1. The number of aliphatic hydroxyl groups excluding tert-OH is 2. The van der Waals surface area contributed by atoms with Crippen LogP contribution < -0.4 is 0 Å². The molecule has 6 nitrogen and oxygen atoms in total. The lowest BCUT2D eigenvalue weighted by Crippen LogP contribution is -2.30. The molecule has 0 bridgehead atoms. The van der Waals surface area contributed by atoms with Crippen LogP contribution in [0.1, 0.15) is 12.5 Å². The molecule has 0 aliphatic rings. The Hall–Kier alpha value is -2.05. The van der Waals surface area contributed by atoms with Crippen molar-refractivity contribution >= 4 is 17.5 Å². The molecule has 0 heterocycles. The van der Waals surface area contributed by atoms with E-state index in [1.54, 1.807) is 0 Å². The maximum atomic E-state index is 10.8. The molecule has 0 spiro atoms. The minimum absolute atomic E-state index is 0.0310. The molecule has 18 heavy (non-hydrogen) atoms. The number of benzene rings is 1. The molecule has 0 aromatic heterocycles. The van der Waals surface area contributed by atoms with Gasteiger partial charge < -0.3 is 10.2 Å². The minimum atomic E-state index is -1.46. The van der Waals surface area contributed by atoms with Crippen LogP contribution in [-0.4, -0.2) is 33.1 Å². The second-order valence-corrected chi connectivity index (χ2v) is 3.75. The predicted molar refractivity (Wildman–Crippen MR) is 64.8 cm³/mol. The summed E-state index contributed by atoms with van der Waals surface area (Å²) in [5, 5.41) is 29.1. The highest BCUT2D eigenvalue weighted by Crippen LogP contribution is 2.13. The van der Waals surface area contributed by atoms with E-state index < -0.39 is 22.9 Å². The molecule has 0 radical (unpaired) electrons. The van der Waals surface area contributed by atoms with Crippen LogP contribution in [0.25, 0.3) is 6.08 Å². The van der Waals surface area contributed by atoms with Gasteiger partial charge in [0, 0.05) is 12.1 Å². The first-order valence-electron chi connectivity index (χ1n) is 5.21. The third kappa shape index (κ3) is 3.76. The number of hydrogen-bond acceptors (Lipinski definition) is 5. The molecule has 6 heteroatoms. The van der Waals surface area contributed by atoms with E-state index in [9.17, 15) is 25.1 Å². The number of aliphatic hydroxyl groups is 2. The summed E-state index contributed by atoms with van der Waals surface area (Å²) < 4.78 is 0. The molecule has 2 atom stereocenters. The quantitative estimate of drug-likeness (QED) is 0.598. The third-order valence-corrected chi connectivity index (χ3v) is 2.33. The van der Waals surface area contributed by atoms with Crippen LogP contribution in [-0.2, 0) is 4.79 Å². The van der Waals surface area contributed by atoms with Crippen molar-refractivity contribution in [3.8, 4) is 0 Å². The van der Waals surface area contributed by atoms with E-state index in [-0.39, 0.29) is 5.69 Å². The number of non-ortho nitro benzene ring substituents is 1. The zero-order valence-electron chi connectivity index (χ0n) is 9.69. The molecule has 2 N–H and O–H groups in total. The van der Waals surface area contributed by atoms with Crippen molar-refractivity contribution < 1.29 is 19.9 Å². The van der Waals surface area contributed by atoms with Gasteiger partial charge in [-0.3, -0.25) is 14.9 Å². The molecule has 1 aromatic carbocycles. The molecule has 0 amide bonds. The fourth-order valence-corrected chi connectivity index (χ4v) is 1.26. The molecular formula is C12H13NO5. The van der Waals surface area contributed by atoms with Gasteiger partial charge in [-0.25, -0.2) is 0 Å². The molecule has 0 aliphatic heterocycles. The Bertz CT molecular complexity index is 466. The van der Waals surface area contributed by atoms with E-state index in [0.29, 0.717) is 5.56 Å². The topological polar surface area (TPSA) is 101 Å². The van der Waals surface area contributed by atoms with Crippen LogP contribution in [0, 0.1) is 10.1 Å². The van der Waals surface area contributed by atoms with Crippen LogP contribution in [0.3, 0.4) is 0 Å². The Morgan fingerprint density at radius 3 is 2.33 bits per heavy atom. The molecule has 1 aromatic rings. The van der Waals surface area contributed by atoms with Gasteiger partial charge in [-0.05, 0) is 24.6 Å². The summed E-state index contributed by atoms with van der Waals surface area (Å²) in [5.74, 6) is -0.532. The number of ketones is 1. The van der Waals surface area contributed by atoms with Gasteiger partial charge in [-0.2, -0.15) is 0 Å². The van der Waals surface area contributed by atoms with Crippen molar-refractivity contribution in [1.29, 1.82) is 0 Å². The Kier molecular flexibility index (Phi) is 4.70. The number of nitrogens with zero attached hydrogens (tertiary/aromatic N) is 1. The van der Waals surface area contributed by atoms with Crippen molar-refractivity contribution in [3.63, 3.8) is 0 Å². The van der Waals surface area contributed by atoms with Crippen molar-refractivity contribution in [1.82, 2.24) is 0 Å². The zero-order valence-corrected chi connectivity index (χ0v) is 9.69. The van der Waals surface area contributed by atoms with Crippen molar-refractivity contribution in [2.45, 2.75) is 19.1 Å². The lowest BCUT2D eigenvalue weighted by atomic mass is 10.1. The van der Waals surface area contributed by atoms with E-state index in [1.165, 1.54) is 43.3 Å². The summed E-state index contributed by atoms with van der Waals surface area (Å²) >= 11 is 0. The maximum absolute atomic E-state index is 10.8. The summed E-state index contributed by atoms with van der Waals surface area (Å²) in [7, 11) is 0. The second kappa shape index (κ2) is 6.04. The second-order valence-electron chi connectivity index (χ2n) is 3.75. The Morgan fingerprint density at radius 2 is 1.89 bits per heavy atom. The molecular weight excluding hydrogens is 238 g/mol. The molecule has 0 saturated carbocycles. The van der Waals surface area contributed by atoms with Gasteiger partial charge in [0.05, 0.1) is 4.92 Å². The van der Waals surface area contributed by atoms with Crippen LogP contribution in [0.2, 0.25) is 0 Å². The van der Waals surface area contributed by atoms with E-state index in [1.807, 2.05) is 0 Å². The average Bonchev–Trinajstić information content (AvgIpc) is 2.35. The number of carbonyl (C=O) groups excluding carboxylic acids is 1. The minimum Gasteiger partial charge on any atom is -0.386 e. The fraction of sp³-hybridized carbons (Fsp3) is 0.250. The molecule has 0 saturated heterocycles. The number of hydrogen-bond donors (Lipinski definition) is 2. The Labute approximate surface area is 103 Å². The zero-order chi connectivity index (χ0) is 13.7. The van der Waals surface area contributed by atoms with Crippen LogP contribution in [0.4, 0.5) is 5.69 Å². The number of rotatable bonds is 5. The molecule has 1 rings (SSSR count). The smallest absolute Gasteiger partial charge is 0.269 e. The first kappa shape index (κ1) is 14.0. The van der Waals surface area contributed by atoms with Crippen molar-refractivity contribution in [3.05, 3.63) is 46.0 Å². The van der Waals surface area contributed by atoms with E-state index in [4.69, 9.17) is 0 Å². The largest absolute Gasteiger partial charge is 0.386 e. The summed E-state index contributed by atoms with van der Waals surface area (Å²) in [5.41, 5.74) is 0.590. The van der Waals surface area contributed by atoms with E-state index in [0.717, 1.165) is 0 Å². The Balaban J connectivity index is 2.72. The van der Waals surface area contributed by atoms with E-state index in [2.05, 4.69) is 0 Å². The highest BCUT2D eigenvalue weighted by Gasteiger charge is 2.17. The molecule has 0 aliphatic carbocycles. The van der Waals surface area contributed by atoms with Gasteiger partial charge in [0.2, 0.25) is 0 Å². The maximum Gasteiger partial charge on any atom is 0.269 e. The van der Waals surface area contributed by atoms with E-state index >= 15 is 0 Å². The van der Waals surface area contributed by atoms with Gasteiger partial charge in [-0.15, -0.1) is 0 Å². The lowest BCUT2D eigenvalue weighted by Gasteiger charge is -2.10. The number of nitro groups is 1. The van der Waals surface area contributed by atoms with Gasteiger partial charge in [-0.1, -0.05) is 12.2 Å². The number of Topliss-reactive ketones (excluding diaryl/α,β-unsaturated/α-hetero) is 1. The average molecular weight is 251 g/mol. The first-order chi connectivity index (χ1) is 8.41. The summed E-state index contributed by atoms with van der Waals surface area (Å²) in [6, 6.07) is 5.66. The first-order valence-corrected chi connectivity index (χ1v) is 5.21. The van der Waals surface area contributed by atoms with Gasteiger partial charge in [0.15, 0.2) is 5.78 Å². The van der Waals surface area contributed by atoms with Gasteiger partial charge in [0.1, 0.15) is 12.2 Å². The summed E-state index contributed by atoms with van der Waals surface area (Å²) in [6.45, 7) is 1.17. The summed E-state index contributed by atoms with van der Waals surface area (Å²) in [6.07, 6.45) is -0.0228. The Morgan fingerprint density at radius 1 is 1.33 bits per heavy atom. The number of nitro benzene ring substituents is 1. The predicted octanol–water partition coefficient (Wildman–Crippen LogP) is 0.919. The molecule has 0 fully saturated rings. The molecule has 0 unspecified atom stereocenters. The van der Waals surface area contributed by atoms with Crippen molar-refractivity contribution in [2.75, 3.05) is 0 Å². The van der Waals surface area contributed by atoms with Crippen molar-refractivity contribution in [2.24, 2.45) is 0 Å². The van der Waals surface area contributed by atoms with Gasteiger partial charge in [0.25, 0.3) is 5.69 Å². The molecule has 96 valence electrons. The normalized spacial score (nSPS) is 14.4. The highest BCUT2D eigenvalue weighted by molar-refractivity contribution is 5.81. The summed E-state index contributed by atoms with van der Waals surface area (Å²) in [4.78, 5) is 20.7. The van der Waals surface area contributed by atoms with Crippen LogP contribution in [0.15, 0.2) is 30.3 Å². The van der Waals surface area contributed by atoms with Crippen LogP contribution >= 0.6 is 0 Å². The number of carbonyl (C=O) groups is 1. The fourth-order valence-electron chi connectivity index (χ4n) is 1.26. The monoisotopic (exact) mass is 251 g/mol. The highest BCUT2D eigenvalue weighted by atomic mass is 16.6. The van der Waals surface area contributed by atoms with Crippen LogP contribution in [0.5, 0.6) is 0 Å².